The number of para-hydroxylation sites is 1. The summed E-state index contributed by atoms with van der Waals surface area (Å²) in [6.45, 7) is 5.81. The molecule has 4 nitrogen and oxygen atoms in total. The van der Waals surface area contributed by atoms with Gasteiger partial charge in [-0.25, -0.2) is 4.79 Å². The highest BCUT2D eigenvalue weighted by molar-refractivity contribution is 5.74. The van der Waals surface area contributed by atoms with Crippen molar-refractivity contribution in [2.45, 2.75) is 32.4 Å². The van der Waals surface area contributed by atoms with E-state index in [2.05, 4.69) is 27.7 Å². The molecule has 1 heterocycles. The lowest BCUT2D eigenvalue weighted by atomic mass is 10.3. The first-order chi connectivity index (χ1) is 8.65. The van der Waals surface area contributed by atoms with E-state index in [0.29, 0.717) is 0 Å². The monoisotopic (exact) mass is 247 g/mol. The van der Waals surface area contributed by atoms with Gasteiger partial charge < -0.3 is 15.5 Å². The lowest BCUT2D eigenvalue weighted by molar-refractivity contribution is 0.235. The first-order valence-electron chi connectivity index (χ1n) is 6.52. The van der Waals surface area contributed by atoms with E-state index in [1.54, 1.807) is 0 Å². The molecule has 18 heavy (non-hydrogen) atoms. The molecule has 1 aromatic rings. The van der Waals surface area contributed by atoms with Gasteiger partial charge in [0.2, 0.25) is 0 Å². The SMILES string of the molecule is CC(C)NC(=O)N[C@@H]1CCN(c2ccccc2)C1. The Morgan fingerprint density at radius 2 is 2.06 bits per heavy atom. The highest BCUT2D eigenvalue weighted by Gasteiger charge is 2.23. The molecule has 1 aliphatic rings. The summed E-state index contributed by atoms with van der Waals surface area (Å²) in [5.41, 5.74) is 1.23. The molecule has 0 spiro atoms. The Kier molecular flexibility index (Phi) is 4.07. The number of hydrogen-bond acceptors (Lipinski definition) is 2. The summed E-state index contributed by atoms with van der Waals surface area (Å²) >= 11 is 0. The predicted molar refractivity (Wildman–Crippen MR) is 73.9 cm³/mol. The molecule has 1 atom stereocenters. The summed E-state index contributed by atoms with van der Waals surface area (Å²) in [4.78, 5) is 13.9. The summed E-state index contributed by atoms with van der Waals surface area (Å²) in [6, 6.07) is 10.7. The fourth-order valence-electron chi connectivity index (χ4n) is 2.24. The van der Waals surface area contributed by atoms with Gasteiger partial charge in [-0.15, -0.1) is 0 Å². The Balaban J connectivity index is 1.84. The fraction of sp³-hybridized carbons (Fsp3) is 0.500. The van der Waals surface area contributed by atoms with Gasteiger partial charge in [0.25, 0.3) is 0 Å². The third-order valence-electron chi connectivity index (χ3n) is 3.06. The average molecular weight is 247 g/mol. The highest BCUT2D eigenvalue weighted by atomic mass is 16.2. The quantitative estimate of drug-likeness (QED) is 0.857. The number of nitrogens with one attached hydrogen (secondary N) is 2. The van der Waals surface area contributed by atoms with Crippen molar-refractivity contribution in [1.29, 1.82) is 0 Å². The minimum Gasteiger partial charge on any atom is -0.369 e. The molecule has 4 heteroatoms. The van der Waals surface area contributed by atoms with Crippen LogP contribution in [0.4, 0.5) is 10.5 Å². The van der Waals surface area contributed by atoms with Gasteiger partial charge in [-0.2, -0.15) is 0 Å². The van der Waals surface area contributed by atoms with Crippen LogP contribution >= 0.6 is 0 Å². The van der Waals surface area contributed by atoms with Crippen LogP contribution in [0.25, 0.3) is 0 Å². The zero-order valence-electron chi connectivity index (χ0n) is 11.0. The van der Waals surface area contributed by atoms with E-state index in [9.17, 15) is 4.79 Å². The maximum Gasteiger partial charge on any atom is 0.315 e. The molecule has 1 aliphatic heterocycles. The van der Waals surface area contributed by atoms with Crippen molar-refractivity contribution < 1.29 is 4.79 Å². The number of carbonyl (C=O) groups excluding carboxylic acids is 1. The van der Waals surface area contributed by atoms with E-state index in [4.69, 9.17) is 0 Å². The van der Waals surface area contributed by atoms with Crippen LogP contribution in [0.5, 0.6) is 0 Å². The van der Waals surface area contributed by atoms with Crippen LogP contribution in [0.2, 0.25) is 0 Å². The van der Waals surface area contributed by atoms with Crippen molar-refractivity contribution in [3.8, 4) is 0 Å². The van der Waals surface area contributed by atoms with Gasteiger partial charge >= 0.3 is 6.03 Å². The third kappa shape index (κ3) is 3.39. The van der Waals surface area contributed by atoms with Gasteiger partial charge in [0.1, 0.15) is 0 Å². The van der Waals surface area contributed by atoms with Gasteiger partial charge in [0, 0.05) is 30.9 Å². The molecule has 0 bridgehead atoms. The van der Waals surface area contributed by atoms with Gasteiger partial charge in [-0.3, -0.25) is 0 Å². The van der Waals surface area contributed by atoms with E-state index in [1.807, 2.05) is 32.0 Å². The van der Waals surface area contributed by atoms with E-state index < -0.39 is 0 Å². The average Bonchev–Trinajstić information content (AvgIpc) is 2.77. The summed E-state index contributed by atoms with van der Waals surface area (Å²) in [5.74, 6) is 0. The maximum atomic E-state index is 11.6. The fourth-order valence-corrected chi connectivity index (χ4v) is 2.24. The second-order valence-electron chi connectivity index (χ2n) is 5.04. The molecule has 1 saturated heterocycles. The Labute approximate surface area is 108 Å². The number of urea groups is 1. The second-order valence-corrected chi connectivity index (χ2v) is 5.04. The molecule has 1 aromatic carbocycles. The molecule has 2 amide bonds. The summed E-state index contributed by atoms with van der Waals surface area (Å²) in [6.07, 6.45) is 1.00. The van der Waals surface area contributed by atoms with Crippen molar-refractivity contribution in [2.75, 3.05) is 18.0 Å². The summed E-state index contributed by atoms with van der Waals surface area (Å²) in [5, 5.41) is 5.87. The number of nitrogens with zero attached hydrogens (tertiary/aromatic N) is 1. The Bertz CT molecular complexity index is 391. The van der Waals surface area contributed by atoms with Crippen LogP contribution in [0.1, 0.15) is 20.3 Å². The molecule has 2 N–H and O–H groups in total. The van der Waals surface area contributed by atoms with Crippen LogP contribution < -0.4 is 15.5 Å². The van der Waals surface area contributed by atoms with Crippen molar-refractivity contribution >= 4 is 11.7 Å². The topological polar surface area (TPSA) is 44.4 Å². The molecule has 0 aliphatic carbocycles. The standard InChI is InChI=1S/C14H21N3O/c1-11(2)15-14(18)16-12-8-9-17(10-12)13-6-4-3-5-7-13/h3-7,11-12H,8-10H2,1-2H3,(H2,15,16,18)/t12-/m1/s1. The third-order valence-corrected chi connectivity index (χ3v) is 3.06. The lowest BCUT2D eigenvalue weighted by Gasteiger charge is -2.19. The highest BCUT2D eigenvalue weighted by Crippen LogP contribution is 2.19. The zero-order chi connectivity index (χ0) is 13.0. The van der Waals surface area contributed by atoms with Crippen LogP contribution in [-0.2, 0) is 0 Å². The Morgan fingerprint density at radius 3 is 2.72 bits per heavy atom. The molecule has 0 saturated carbocycles. The first-order valence-corrected chi connectivity index (χ1v) is 6.52. The van der Waals surface area contributed by atoms with Crippen LogP contribution in [0, 0.1) is 0 Å². The van der Waals surface area contributed by atoms with Gasteiger partial charge in [-0.1, -0.05) is 18.2 Å². The number of benzene rings is 1. The van der Waals surface area contributed by atoms with Gasteiger partial charge in [0.05, 0.1) is 0 Å². The minimum atomic E-state index is -0.0649. The van der Waals surface area contributed by atoms with Crippen LogP contribution in [-0.4, -0.2) is 31.2 Å². The Morgan fingerprint density at radius 1 is 1.33 bits per heavy atom. The van der Waals surface area contributed by atoms with Gasteiger partial charge in [-0.05, 0) is 32.4 Å². The minimum absolute atomic E-state index is 0.0649. The largest absolute Gasteiger partial charge is 0.369 e. The molecule has 1 fully saturated rings. The van der Waals surface area contributed by atoms with Crippen molar-refractivity contribution in [1.82, 2.24) is 10.6 Å². The molecule has 0 unspecified atom stereocenters. The molecular formula is C14H21N3O. The number of amides is 2. The molecule has 2 rings (SSSR count). The number of carbonyl (C=O) groups is 1. The second kappa shape index (κ2) is 5.76. The summed E-state index contributed by atoms with van der Waals surface area (Å²) in [7, 11) is 0. The smallest absolute Gasteiger partial charge is 0.315 e. The molecular weight excluding hydrogens is 226 g/mol. The predicted octanol–water partition coefficient (Wildman–Crippen LogP) is 1.97. The number of hydrogen-bond donors (Lipinski definition) is 2. The number of anilines is 1. The van der Waals surface area contributed by atoms with Crippen molar-refractivity contribution in [2.24, 2.45) is 0 Å². The van der Waals surface area contributed by atoms with Crippen molar-refractivity contribution in [3.63, 3.8) is 0 Å². The van der Waals surface area contributed by atoms with Crippen LogP contribution in [0.15, 0.2) is 30.3 Å². The molecule has 0 radical (unpaired) electrons. The Hall–Kier alpha value is -1.71. The summed E-state index contributed by atoms with van der Waals surface area (Å²) < 4.78 is 0. The normalized spacial score (nSPS) is 19.1. The van der Waals surface area contributed by atoms with Gasteiger partial charge in [0.15, 0.2) is 0 Å². The lowest BCUT2D eigenvalue weighted by Crippen LogP contribution is -2.45. The molecule has 98 valence electrons. The van der Waals surface area contributed by atoms with E-state index in [1.165, 1.54) is 5.69 Å². The zero-order valence-corrected chi connectivity index (χ0v) is 11.0. The van der Waals surface area contributed by atoms with E-state index >= 15 is 0 Å². The first kappa shape index (κ1) is 12.7. The number of rotatable bonds is 3. The van der Waals surface area contributed by atoms with Crippen LogP contribution in [0.3, 0.4) is 0 Å². The molecule has 0 aromatic heterocycles. The van der Waals surface area contributed by atoms with Crippen molar-refractivity contribution in [3.05, 3.63) is 30.3 Å². The van der Waals surface area contributed by atoms with E-state index in [-0.39, 0.29) is 18.1 Å². The maximum absolute atomic E-state index is 11.6. The van der Waals surface area contributed by atoms with E-state index in [0.717, 1.165) is 19.5 Å².